The first-order valence-electron chi connectivity index (χ1n) is 14.6. The van der Waals surface area contributed by atoms with Crippen LogP contribution in [0.3, 0.4) is 0 Å². The highest BCUT2D eigenvalue weighted by Crippen LogP contribution is 2.28. The molecule has 2 saturated heterocycles. The molecule has 0 atom stereocenters. The van der Waals surface area contributed by atoms with Crippen LogP contribution in [0.2, 0.25) is 5.02 Å². The number of amides is 4. The second-order valence-corrected chi connectivity index (χ2v) is 11.7. The number of nitrogens with one attached hydrogen (secondary N) is 2. The van der Waals surface area contributed by atoms with Crippen LogP contribution in [0.25, 0.3) is 11.3 Å². The molecule has 14 heteroatoms. The summed E-state index contributed by atoms with van der Waals surface area (Å²) < 4.78 is 31.0. The highest BCUT2D eigenvalue weighted by atomic mass is 35.5. The van der Waals surface area contributed by atoms with Gasteiger partial charge in [0.05, 0.1) is 28.0 Å². The summed E-state index contributed by atoms with van der Waals surface area (Å²) in [5.74, 6) is -4.05. The first-order valence-corrected chi connectivity index (χ1v) is 15.0. The van der Waals surface area contributed by atoms with E-state index in [-0.39, 0.29) is 45.4 Å². The Balaban J connectivity index is 1.23. The number of carbonyl (C=O) groups is 4. The smallest absolute Gasteiger partial charge is 0.291 e. The number of carbonyl (C=O) groups excluding carboxylic acids is 4. The molecule has 0 bridgehead atoms. The average Bonchev–Trinajstić information content (AvgIpc) is 3.42. The molecule has 4 amide bonds. The van der Waals surface area contributed by atoms with E-state index < -0.39 is 29.0 Å². The molecule has 2 N–H and O–H groups in total. The van der Waals surface area contributed by atoms with Gasteiger partial charge in [0.15, 0.2) is 17.5 Å². The average molecular weight is 642 g/mol. The first-order chi connectivity index (χ1) is 21.5. The van der Waals surface area contributed by atoms with Crippen LogP contribution in [0, 0.1) is 17.6 Å². The molecule has 5 rings (SSSR count). The lowest BCUT2D eigenvalue weighted by Crippen LogP contribution is -2.52. The van der Waals surface area contributed by atoms with Gasteiger partial charge in [0.2, 0.25) is 5.91 Å². The molecule has 2 aromatic carbocycles. The van der Waals surface area contributed by atoms with Crippen LogP contribution in [-0.4, -0.2) is 101 Å². The molecule has 0 unspecified atom stereocenters. The molecule has 0 saturated carbocycles. The maximum Gasteiger partial charge on any atom is 0.291 e. The maximum absolute atomic E-state index is 15.0. The second kappa shape index (κ2) is 13.3. The first kappa shape index (κ1) is 32.0. The van der Waals surface area contributed by atoms with Crippen molar-refractivity contribution >= 4 is 40.9 Å². The van der Waals surface area contributed by atoms with Crippen LogP contribution in [0.4, 0.5) is 14.5 Å². The Bertz CT molecular complexity index is 1650. The predicted molar refractivity (Wildman–Crippen MR) is 164 cm³/mol. The Morgan fingerprint density at radius 3 is 2.24 bits per heavy atom. The lowest BCUT2D eigenvalue weighted by molar-refractivity contribution is -0.137. The van der Waals surface area contributed by atoms with Crippen molar-refractivity contribution in [2.45, 2.75) is 12.8 Å². The molecule has 45 heavy (non-hydrogen) atoms. The van der Waals surface area contributed by atoms with Gasteiger partial charge in [0.25, 0.3) is 17.7 Å². The van der Waals surface area contributed by atoms with Crippen LogP contribution in [0.1, 0.15) is 44.2 Å². The minimum Gasteiger partial charge on any atom is -0.345 e. The van der Waals surface area contributed by atoms with Gasteiger partial charge < -0.3 is 29.9 Å². The van der Waals surface area contributed by atoms with Crippen molar-refractivity contribution in [2.75, 3.05) is 58.7 Å². The number of imidazole rings is 1. The summed E-state index contributed by atoms with van der Waals surface area (Å²) in [5.41, 5.74) is 0.106. The van der Waals surface area contributed by atoms with Crippen molar-refractivity contribution in [3.05, 3.63) is 70.1 Å². The number of benzene rings is 2. The van der Waals surface area contributed by atoms with Crippen LogP contribution in [-0.2, 0) is 11.8 Å². The molecular weight excluding hydrogens is 608 g/mol. The lowest BCUT2D eigenvalue weighted by Gasteiger charge is -2.37. The van der Waals surface area contributed by atoms with Crippen molar-refractivity contribution in [2.24, 2.45) is 13.0 Å². The van der Waals surface area contributed by atoms with Crippen molar-refractivity contribution in [3.63, 3.8) is 0 Å². The van der Waals surface area contributed by atoms with Crippen molar-refractivity contribution in [3.8, 4) is 11.3 Å². The molecule has 0 spiro atoms. The zero-order valence-electron chi connectivity index (χ0n) is 25.2. The normalized spacial score (nSPS) is 15.6. The predicted octanol–water partition coefficient (Wildman–Crippen LogP) is 3.26. The summed E-state index contributed by atoms with van der Waals surface area (Å²) in [6.45, 7) is 3.38. The quantitative estimate of drug-likeness (QED) is 0.427. The van der Waals surface area contributed by atoms with Crippen LogP contribution >= 0.6 is 11.6 Å². The van der Waals surface area contributed by atoms with Crippen LogP contribution < -0.4 is 10.6 Å². The Labute approximate surface area is 264 Å². The van der Waals surface area contributed by atoms with E-state index in [1.807, 2.05) is 4.90 Å². The molecular formula is C31H34ClF2N7O4. The number of hydrogen-bond donors (Lipinski definition) is 2. The maximum atomic E-state index is 15.0. The van der Waals surface area contributed by atoms with E-state index in [4.69, 9.17) is 11.6 Å². The summed E-state index contributed by atoms with van der Waals surface area (Å²) in [7, 11) is 4.34. The molecule has 2 aliphatic heterocycles. The largest absolute Gasteiger partial charge is 0.345 e. The number of hydrogen-bond acceptors (Lipinski definition) is 6. The van der Waals surface area contributed by atoms with Gasteiger partial charge in [0, 0.05) is 64.5 Å². The molecule has 0 radical (unpaired) electrons. The van der Waals surface area contributed by atoms with E-state index in [1.54, 1.807) is 4.90 Å². The van der Waals surface area contributed by atoms with Crippen molar-refractivity contribution in [1.29, 1.82) is 0 Å². The number of aromatic nitrogens is 2. The van der Waals surface area contributed by atoms with Crippen LogP contribution in [0.15, 0.2) is 36.5 Å². The van der Waals surface area contributed by atoms with Gasteiger partial charge in [-0.25, -0.2) is 13.8 Å². The molecule has 3 aromatic rings. The number of rotatable bonds is 6. The molecule has 2 aliphatic rings. The SMILES string of the molecule is CN(C)C(=O)c1ccc(-c2cnc(C(=O)Nc3ccc(C(=O)N4CCN(C(=O)C5CCNCC5)CC4)c(Cl)c3)n2C)c(F)c1F. The zero-order chi connectivity index (χ0) is 32.4. The van der Waals surface area contributed by atoms with E-state index in [1.165, 1.54) is 62.2 Å². The summed E-state index contributed by atoms with van der Waals surface area (Å²) in [6, 6.07) is 6.94. The van der Waals surface area contributed by atoms with Crippen molar-refractivity contribution in [1.82, 2.24) is 29.6 Å². The van der Waals surface area contributed by atoms with Gasteiger partial charge in [-0.2, -0.15) is 0 Å². The van der Waals surface area contributed by atoms with Gasteiger partial charge in [-0.05, 0) is 56.3 Å². The van der Waals surface area contributed by atoms with Gasteiger partial charge in [-0.3, -0.25) is 19.2 Å². The van der Waals surface area contributed by atoms with E-state index in [2.05, 4.69) is 15.6 Å². The minimum atomic E-state index is -1.30. The van der Waals surface area contributed by atoms with Gasteiger partial charge >= 0.3 is 0 Å². The highest BCUT2D eigenvalue weighted by Gasteiger charge is 2.31. The Hall–Kier alpha value is -4.36. The second-order valence-electron chi connectivity index (χ2n) is 11.3. The summed E-state index contributed by atoms with van der Waals surface area (Å²) in [6.07, 6.45) is 2.88. The molecule has 238 valence electrons. The Kier molecular flexibility index (Phi) is 9.49. The van der Waals surface area contributed by atoms with Crippen LogP contribution in [0.5, 0.6) is 0 Å². The topological polar surface area (TPSA) is 120 Å². The molecule has 1 aromatic heterocycles. The fourth-order valence-electron chi connectivity index (χ4n) is 5.60. The van der Waals surface area contributed by atoms with E-state index in [0.717, 1.165) is 30.8 Å². The van der Waals surface area contributed by atoms with E-state index >= 15 is 0 Å². The number of piperazine rings is 1. The number of anilines is 1. The fraction of sp³-hybridized carbons (Fsp3) is 0.387. The Morgan fingerprint density at radius 1 is 0.956 bits per heavy atom. The molecule has 11 nitrogen and oxygen atoms in total. The lowest BCUT2D eigenvalue weighted by atomic mass is 9.96. The summed E-state index contributed by atoms with van der Waals surface area (Å²) in [5, 5.41) is 6.06. The number of piperidine rings is 1. The summed E-state index contributed by atoms with van der Waals surface area (Å²) in [4.78, 5) is 60.0. The molecule has 0 aliphatic carbocycles. The third kappa shape index (κ3) is 6.54. The van der Waals surface area contributed by atoms with E-state index in [9.17, 15) is 28.0 Å². The van der Waals surface area contributed by atoms with Gasteiger partial charge in [0.1, 0.15) is 0 Å². The molecule has 2 fully saturated rings. The van der Waals surface area contributed by atoms with Gasteiger partial charge in [-0.15, -0.1) is 0 Å². The van der Waals surface area contributed by atoms with Crippen molar-refractivity contribution < 1.29 is 28.0 Å². The fourth-order valence-corrected chi connectivity index (χ4v) is 5.87. The number of nitrogens with zero attached hydrogens (tertiary/aromatic N) is 5. The van der Waals surface area contributed by atoms with Gasteiger partial charge in [-0.1, -0.05) is 11.6 Å². The Morgan fingerprint density at radius 2 is 1.60 bits per heavy atom. The monoisotopic (exact) mass is 641 g/mol. The third-order valence-corrected chi connectivity index (χ3v) is 8.52. The number of halogens is 3. The van der Waals surface area contributed by atoms with E-state index in [0.29, 0.717) is 31.9 Å². The standard InChI is InChI=1S/C31H34ClF2N7O4/c1-38(2)30(44)22-7-6-21(25(33)26(22)34)24-17-36-27(39(24)3)28(42)37-19-4-5-20(23(32)16-19)31(45)41-14-12-40(13-15-41)29(43)18-8-10-35-11-9-18/h4-7,16-18,35H,8-15H2,1-3H3,(H,37,42). The minimum absolute atomic E-state index is 0.0267. The zero-order valence-corrected chi connectivity index (χ0v) is 26.0. The third-order valence-electron chi connectivity index (χ3n) is 8.21. The highest BCUT2D eigenvalue weighted by molar-refractivity contribution is 6.34. The summed E-state index contributed by atoms with van der Waals surface area (Å²) >= 11 is 6.46. The molecule has 3 heterocycles.